The number of halogens is 2. The van der Waals surface area contributed by atoms with E-state index in [0.717, 1.165) is 30.2 Å². The van der Waals surface area contributed by atoms with Gasteiger partial charge in [-0.1, -0.05) is 6.07 Å². The SMILES string of the molecule is CCNC(=NCc1ccc(F)c(COC)c1)NC(C)Cc1c(C)nn(C)c1C.I. The first-order chi connectivity index (χ1) is 13.3. The van der Waals surface area contributed by atoms with Gasteiger partial charge in [0.05, 0.1) is 18.8 Å². The molecule has 2 rings (SSSR count). The van der Waals surface area contributed by atoms with Crippen molar-refractivity contribution in [1.82, 2.24) is 20.4 Å². The third-order valence-corrected chi connectivity index (χ3v) is 4.73. The van der Waals surface area contributed by atoms with E-state index in [-0.39, 0.29) is 42.4 Å². The highest BCUT2D eigenvalue weighted by Gasteiger charge is 2.14. The summed E-state index contributed by atoms with van der Waals surface area (Å²) in [6, 6.07) is 5.22. The third kappa shape index (κ3) is 7.26. The Kier molecular flexibility index (Phi) is 10.6. The molecular formula is C21H33FIN5O. The Balaban J connectivity index is 0.00000420. The molecule has 0 spiro atoms. The van der Waals surface area contributed by atoms with Gasteiger partial charge >= 0.3 is 0 Å². The first-order valence-corrected chi connectivity index (χ1v) is 9.65. The van der Waals surface area contributed by atoms with Crippen molar-refractivity contribution in [2.75, 3.05) is 13.7 Å². The lowest BCUT2D eigenvalue weighted by molar-refractivity contribution is 0.181. The monoisotopic (exact) mass is 517 g/mol. The largest absolute Gasteiger partial charge is 0.380 e. The van der Waals surface area contributed by atoms with E-state index in [9.17, 15) is 4.39 Å². The zero-order chi connectivity index (χ0) is 20.7. The van der Waals surface area contributed by atoms with E-state index in [1.54, 1.807) is 19.2 Å². The summed E-state index contributed by atoms with van der Waals surface area (Å²) in [5, 5.41) is 11.2. The normalized spacial score (nSPS) is 12.4. The molecule has 0 radical (unpaired) electrons. The second kappa shape index (κ2) is 12.1. The molecule has 0 fully saturated rings. The minimum atomic E-state index is -0.254. The number of methoxy groups -OCH3 is 1. The summed E-state index contributed by atoms with van der Waals surface area (Å²) in [4.78, 5) is 4.66. The summed E-state index contributed by atoms with van der Waals surface area (Å²) in [5.74, 6) is 0.488. The number of aliphatic imine (C=N–C) groups is 1. The number of aromatic nitrogens is 2. The fourth-order valence-corrected chi connectivity index (χ4v) is 3.19. The van der Waals surface area contributed by atoms with E-state index in [1.807, 2.05) is 25.6 Å². The standard InChI is InChI=1S/C21H32FN5O.HI/c1-7-23-21(24-12-17-8-9-20(22)18(11-17)13-28-6)25-14(2)10-19-15(3)26-27(5)16(19)4;/h8-9,11,14H,7,10,12-13H2,1-6H3,(H2,23,24,25);1H. The third-order valence-electron chi connectivity index (χ3n) is 4.73. The number of benzene rings is 1. The molecule has 0 amide bonds. The molecule has 2 N–H and O–H groups in total. The van der Waals surface area contributed by atoms with Crippen LogP contribution in [0.5, 0.6) is 0 Å². The maximum atomic E-state index is 13.8. The molecule has 1 aromatic carbocycles. The molecule has 2 aromatic rings. The van der Waals surface area contributed by atoms with E-state index in [2.05, 4.69) is 34.6 Å². The molecular weight excluding hydrogens is 484 g/mol. The van der Waals surface area contributed by atoms with Crippen LogP contribution in [0.1, 0.15) is 41.9 Å². The highest BCUT2D eigenvalue weighted by molar-refractivity contribution is 14.0. The number of nitrogens with zero attached hydrogens (tertiary/aromatic N) is 3. The molecule has 0 aliphatic rings. The number of nitrogens with one attached hydrogen (secondary N) is 2. The number of aryl methyl sites for hydroxylation is 2. The zero-order valence-corrected chi connectivity index (χ0v) is 20.5. The Hall–Kier alpha value is -1.68. The summed E-state index contributed by atoms with van der Waals surface area (Å²) < 4.78 is 20.7. The van der Waals surface area contributed by atoms with Crippen molar-refractivity contribution in [3.63, 3.8) is 0 Å². The van der Waals surface area contributed by atoms with Gasteiger partial charge in [0.2, 0.25) is 0 Å². The molecule has 6 nitrogen and oxygen atoms in total. The molecule has 0 bridgehead atoms. The summed E-state index contributed by atoms with van der Waals surface area (Å²) in [6.45, 7) is 9.78. The highest BCUT2D eigenvalue weighted by Crippen LogP contribution is 2.15. The van der Waals surface area contributed by atoms with Crippen molar-refractivity contribution in [2.24, 2.45) is 12.0 Å². The topological polar surface area (TPSA) is 63.5 Å². The summed E-state index contributed by atoms with van der Waals surface area (Å²) in [5.41, 5.74) is 5.00. The van der Waals surface area contributed by atoms with Gasteiger partial charge in [0, 0.05) is 38.0 Å². The van der Waals surface area contributed by atoms with Crippen molar-refractivity contribution < 1.29 is 9.13 Å². The highest BCUT2D eigenvalue weighted by atomic mass is 127. The quantitative estimate of drug-likeness (QED) is 0.319. The number of ether oxygens (including phenoxy) is 1. The van der Waals surface area contributed by atoms with E-state index in [0.29, 0.717) is 12.1 Å². The van der Waals surface area contributed by atoms with Crippen molar-refractivity contribution in [3.05, 3.63) is 52.1 Å². The van der Waals surface area contributed by atoms with Crippen LogP contribution in [-0.4, -0.2) is 35.4 Å². The Labute approximate surface area is 190 Å². The van der Waals surface area contributed by atoms with E-state index in [1.165, 1.54) is 17.3 Å². The van der Waals surface area contributed by atoms with Crippen LogP contribution < -0.4 is 10.6 Å². The molecule has 1 atom stereocenters. The fraction of sp³-hybridized carbons (Fsp3) is 0.524. The lowest BCUT2D eigenvalue weighted by Crippen LogP contribution is -2.43. The van der Waals surface area contributed by atoms with Crippen LogP contribution >= 0.6 is 24.0 Å². The Morgan fingerprint density at radius 2 is 2.07 bits per heavy atom. The Bertz CT molecular complexity index is 822. The Morgan fingerprint density at radius 1 is 1.34 bits per heavy atom. The van der Waals surface area contributed by atoms with Crippen LogP contribution in [0.15, 0.2) is 23.2 Å². The molecule has 0 saturated carbocycles. The fourth-order valence-electron chi connectivity index (χ4n) is 3.19. The van der Waals surface area contributed by atoms with Crippen molar-refractivity contribution >= 4 is 29.9 Å². The van der Waals surface area contributed by atoms with Gasteiger partial charge in [-0.3, -0.25) is 4.68 Å². The molecule has 0 aliphatic heterocycles. The lowest BCUT2D eigenvalue weighted by Gasteiger charge is -2.18. The summed E-state index contributed by atoms with van der Waals surface area (Å²) >= 11 is 0. The minimum absolute atomic E-state index is 0. The molecule has 1 unspecified atom stereocenters. The van der Waals surface area contributed by atoms with Crippen LogP contribution in [0, 0.1) is 19.7 Å². The lowest BCUT2D eigenvalue weighted by atomic mass is 10.1. The van der Waals surface area contributed by atoms with Gasteiger partial charge in [-0.15, -0.1) is 24.0 Å². The molecule has 0 saturated heterocycles. The smallest absolute Gasteiger partial charge is 0.191 e. The van der Waals surface area contributed by atoms with Crippen LogP contribution in [0.3, 0.4) is 0 Å². The molecule has 8 heteroatoms. The minimum Gasteiger partial charge on any atom is -0.380 e. The van der Waals surface area contributed by atoms with Gasteiger partial charge in [-0.05, 0) is 57.4 Å². The maximum Gasteiger partial charge on any atom is 0.191 e. The van der Waals surface area contributed by atoms with Crippen molar-refractivity contribution in [1.29, 1.82) is 0 Å². The van der Waals surface area contributed by atoms with Gasteiger partial charge in [0.1, 0.15) is 5.82 Å². The number of rotatable bonds is 8. The predicted octanol–water partition coefficient (Wildman–Crippen LogP) is 3.63. The average Bonchev–Trinajstić information content (AvgIpc) is 2.88. The molecule has 29 heavy (non-hydrogen) atoms. The molecule has 0 aliphatic carbocycles. The van der Waals surface area contributed by atoms with Crippen LogP contribution in [0.25, 0.3) is 0 Å². The first-order valence-electron chi connectivity index (χ1n) is 9.65. The Morgan fingerprint density at radius 3 is 2.66 bits per heavy atom. The van der Waals surface area contributed by atoms with Gasteiger partial charge < -0.3 is 15.4 Å². The second-order valence-corrected chi connectivity index (χ2v) is 7.08. The van der Waals surface area contributed by atoms with Crippen LogP contribution in [0.4, 0.5) is 4.39 Å². The van der Waals surface area contributed by atoms with Gasteiger partial charge in [-0.2, -0.15) is 5.10 Å². The van der Waals surface area contributed by atoms with Gasteiger partial charge in [0.25, 0.3) is 0 Å². The van der Waals surface area contributed by atoms with Crippen LogP contribution in [0.2, 0.25) is 0 Å². The molecule has 1 aromatic heterocycles. The zero-order valence-electron chi connectivity index (χ0n) is 18.2. The van der Waals surface area contributed by atoms with Crippen molar-refractivity contribution in [2.45, 2.75) is 53.3 Å². The van der Waals surface area contributed by atoms with Gasteiger partial charge in [0.15, 0.2) is 5.96 Å². The first kappa shape index (κ1) is 25.4. The molecule has 1 heterocycles. The molecule has 162 valence electrons. The number of hydrogen-bond donors (Lipinski definition) is 2. The van der Waals surface area contributed by atoms with E-state index < -0.39 is 0 Å². The number of guanidine groups is 1. The number of hydrogen-bond acceptors (Lipinski definition) is 3. The summed E-state index contributed by atoms with van der Waals surface area (Å²) in [7, 11) is 3.53. The second-order valence-electron chi connectivity index (χ2n) is 7.08. The van der Waals surface area contributed by atoms with E-state index >= 15 is 0 Å². The average molecular weight is 517 g/mol. The van der Waals surface area contributed by atoms with E-state index in [4.69, 9.17) is 4.74 Å². The van der Waals surface area contributed by atoms with Gasteiger partial charge in [-0.25, -0.2) is 9.38 Å². The van der Waals surface area contributed by atoms with Crippen molar-refractivity contribution in [3.8, 4) is 0 Å². The summed E-state index contributed by atoms with van der Waals surface area (Å²) in [6.07, 6.45) is 0.866. The predicted molar refractivity (Wildman–Crippen MR) is 126 cm³/mol. The maximum absolute atomic E-state index is 13.8. The van der Waals surface area contributed by atoms with Crippen LogP contribution in [-0.2, 0) is 31.4 Å².